The summed E-state index contributed by atoms with van der Waals surface area (Å²) in [6, 6.07) is 15.8. The number of hydrogen-bond donors (Lipinski definition) is 0. The Balaban J connectivity index is 1.28. The summed E-state index contributed by atoms with van der Waals surface area (Å²) in [5.74, 6) is 0.510. The molecule has 4 aromatic rings. The van der Waals surface area contributed by atoms with Gasteiger partial charge in [0.2, 0.25) is 0 Å². The Bertz CT molecular complexity index is 1380. The van der Waals surface area contributed by atoms with Gasteiger partial charge in [-0.3, -0.25) is 9.59 Å². The van der Waals surface area contributed by atoms with Crippen LogP contribution in [0.4, 0.5) is 0 Å². The molecule has 0 radical (unpaired) electrons. The summed E-state index contributed by atoms with van der Waals surface area (Å²) in [7, 11) is 2.03. The highest BCUT2D eigenvalue weighted by molar-refractivity contribution is 7.13. The summed E-state index contributed by atoms with van der Waals surface area (Å²) in [5, 5.41) is 3.90. The van der Waals surface area contributed by atoms with Gasteiger partial charge in [-0.2, -0.15) is 0 Å². The minimum atomic E-state index is -0.0114. The number of carbonyl (C=O) groups excluding carboxylic acids is 1. The molecule has 1 fully saturated rings. The molecule has 2 aliphatic rings. The Labute approximate surface area is 183 Å². The number of piperidine rings is 1. The van der Waals surface area contributed by atoms with Gasteiger partial charge in [-0.15, -0.1) is 11.3 Å². The fraction of sp³-hybridized carbons (Fsp3) is 0.292. The van der Waals surface area contributed by atoms with Crippen molar-refractivity contribution in [2.45, 2.75) is 18.9 Å². The van der Waals surface area contributed by atoms with E-state index in [4.69, 9.17) is 4.98 Å². The minimum absolute atomic E-state index is 0.0114. The van der Waals surface area contributed by atoms with Gasteiger partial charge in [-0.1, -0.05) is 24.3 Å². The van der Waals surface area contributed by atoms with Crippen LogP contribution in [-0.4, -0.2) is 38.0 Å². The molecule has 156 valence electrons. The van der Waals surface area contributed by atoms with Crippen molar-refractivity contribution in [3.63, 3.8) is 0 Å². The van der Waals surface area contributed by atoms with Crippen LogP contribution in [0.3, 0.4) is 0 Å². The summed E-state index contributed by atoms with van der Waals surface area (Å²) in [6.07, 6.45) is 1.03. The van der Waals surface area contributed by atoms with Gasteiger partial charge < -0.3 is 14.0 Å². The topological polar surface area (TPSA) is 60.1 Å². The minimum Gasteiger partial charge on any atom is -0.342 e. The quantitative estimate of drug-likeness (QED) is 0.487. The van der Waals surface area contributed by atoms with E-state index in [2.05, 4.69) is 22.8 Å². The first-order valence-corrected chi connectivity index (χ1v) is 11.5. The fourth-order valence-electron chi connectivity index (χ4n) is 5.21. The van der Waals surface area contributed by atoms with E-state index >= 15 is 0 Å². The van der Waals surface area contributed by atoms with E-state index < -0.39 is 0 Å². The number of para-hydroxylation sites is 1. The zero-order valence-corrected chi connectivity index (χ0v) is 18.0. The summed E-state index contributed by atoms with van der Waals surface area (Å²) in [4.78, 5) is 32.2. The van der Waals surface area contributed by atoms with Crippen LogP contribution in [0.15, 0.2) is 58.7 Å². The summed E-state index contributed by atoms with van der Waals surface area (Å²) < 4.78 is 4.02. The molecule has 7 heteroatoms. The van der Waals surface area contributed by atoms with Crippen LogP contribution in [0, 0.1) is 5.92 Å². The van der Waals surface area contributed by atoms with Gasteiger partial charge in [-0.05, 0) is 30.5 Å². The van der Waals surface area contributed by atoms with Gasteiger partial charge in [0.1, 0.15) is 10.7 Å². The van der Waals surface area contributed by atoms with Crippen LogP contribution in [0.2, 0.25) is 0 Å². The zero-order valence-electron chi connectivity index (χ0n) is 17.2. The van der Waals surface area contributed by atoms with Gasteiger partial charge >= 0.3 is 0 Å². The molecular weight excluding hydrogens is 408 g/mol. The molecule has 6 nitrogen and oxygen atoms in total. The van der Waals surface area contributed by atoms with Crippen LogP contribution in [0.1, 0.15) is 28.5 Å². The first kappa shape index (κ1) is 18.6. The van der Waals surface area contributed by atoms with Gasteiger partial charge in [-0.25, -0.2) is 4.98 Å². The van der Waals surface area contributed by atoms with Crippen LogP contribution in [0.25, 0.3) is 21.6 Å². The molecule has 1 amide bonds. The molecule has 3 aromatic heterocycles. The van der Waals surface area contributed by atoms with E-state index in [1.807, 2.05) is 46.2 Å². The van der Waals surface area contributed by atoms with Crippen LogP contribution in [-0.2, 0) is 13.6 Å². The van der Waals surface area contributed by atoms with Gasteiger partial charge in [0, 0.05) is 60.6 Å². The maximum absolute atomic E-state index is 13.3. The number of rotatable bonds is 2. The first-order chi connectivity index (χ1) is 15.1. The van der Waals surface area contributed by atoms with Crippen molar-refractivity contribution in [1.82, 2.24) is 19.0 Å². The Kier molecular flexibility index (Phi) is 4.14. The highest BCUT2D eigenvalue weighted by Gasteiger charge is 2.37. The third kappa shape index (κ3) is 2.95. The second-order valence-electron chi connectivity index (χ2n) is 8.59. The SMILES string of the molecule is Cn1c(-c2nc(C(=O)N3CC4CC(C3)c3cccc(=O)n3C4)cs2)cc2ccccc21. The third-order valence-corrected chi connectivity index (χ3v) is 7.53. The van der Waals surface area contributed by atoms with Crippen LogP contribution in [0.5, 0.6) is 0 Å². The maximum atomic E-state index is 13.3. The van der Waals surface area contributed by atoms with Crippen LogP contribution >= 0.6 is 11.3 Å². The van der Waals surface area contributed by atoms with Crippen molar-refractivity contribution < 1.29 is 4.79 Å². The molecule has 5 heterocycles. The molecule has 2 aliphatic heterocycles. The van der Waals surface area contributed by atoms with Gasteiger partial charge in [0.15, 0.2) is 0 Å². The van der Waals surface area contributed by atoms with E-state index in [1.54, 1.807) is 6.07 Å². The molecule has 2 bridgehead atoms. The van der Waals surface area contributed by atoms with E-state index in [0.29, 0.717) is 31.2 Å². The molecular formula is C24H22N4O2S. The molecule has 0 N–H and O–H groups in total. The number of amides is 1. The number of aryl methyl sites for hydroxylation is 1. The van der Waals surface area contributed by atoms with Crippen molar-refractivity contribution in [3.8, 4) is 10.7 Å². The Morgan fingerprint density at radius 1 is 1.10 bits per heavy atom. The Morgan fingerprint density at radius 2 is 1.97 bits per heavy atom. The number of hydrogen-bond acceptors (Lipinski definition) is 4. The van der Waals surface area contributed by atoms with Gasteiger partial charge in [0.25, 0.3) is 11.5 Å². The number of benzene rings is 1. The number of pyridine rings is 1. The average Bonchev–Trinajstić information content (AvgIpc) is 3.39. The Morgan fingerprint density at radius 3 is 2.84 bits per heavy atom. The van der Waals surface area contributed by atoms with E-state index in [0.717, 1.165) is 28.3 Å². The monoisotopic (exact) mass is 430 g/mol. The van der Waals surface area contributed by atoms with Crippen LogP contribution < -0.4 is 5.56 Å². The second kappa shape index (κ2) is 6.92. The number of aromatic nitrogens is 3. The molecule has 0 spiro atoms. The number of fused-ring (bicyclic) bond motifs is 5. The summed E-state index contributed by atoms with van der Waals surface area (Å²) in [5.41, 5.74) is 3.80. The Hall–Kier alpha value is -3.19. The van der Waals surface area contributed by atoms with Crippen molar-refractivity contribution in [2.75, 3.05) is 13.1 Å². The molecule has 0 aliphatic carbocycles. The molecule has 6 rings (SSSR count). The lowest BCUT2D eigenvalue weighted by atomic mass is 9.83. The number of likely N-dealkylation sites (tertiary alicyclic amines) is 1. The summed E-state index contributed by atoms with van der Waals surface area (Å²) >= 11 is 1.51. The maximum Gasteiger partial charge on any atom is 0.273 e. The standard InChI is InChI=1S/C24H22N4O2S/c1-26-19-6-3-2-5-16(19)10-21(26)23-25-18(14-31-23)24(30)27-11-15-9-17(13-27)20-7-4-8-22(29)28(20)12-15/h2-8,10,14-15,17H,9,11-13H2,1H3. The number of carbonyl (C=O) groups is 1. The average molecular weight is 431 g/mol. The largest absolute Gasteiger partial charge is 0.342 e. The second-order valence-corrected chi connectivity index (χ2v) is 9.45. The van der Waals surface area contributed by atoms with Crippen molar-refractivity contribution in [2.24, 2.45) is 13.0 Å². The van der Waals surface area contributed by atoms with E-state index in [-0.39, 0.29) is 17.4 Å². The normalized spacial score (nSPS) is 20.1. The molecule has 2 unspecified atom stereocenters. The summed E-state index contributed by atoms with van der Waals surface area (Å²) in [6.45, 7) is 2.00. The molecule has 0 saturated carbocycles. The predicted molar refractivity (Wildman–Crippen MR) is 121 cm³/mol. The van der Waals surface area contributed by atoms with Gasteiger partial charge in [0.05, 0.1) is 5.69 Å². The lowest BCUT2D eigenvalue weighted by Crippen LogP contribution is -2.49. The van der Waals surface area contributed by atoms with Crippen molar-refractivity contribution in [3.05, 3.63) is 75.7 Å². The molecule has 2 atom stereocenters. The highest BCUT2D eigenvalue weighted by atomic mass is 32.1. The fourth-order valence-corrected chi connectivity index (χ4v) is 6.05. The number of nitrogens with zero attached hydrogens (tertiary/aromatic N) is 4. The number of thiazole rings is 1. The van der Waals surface area contributed by atoms with Crippen molar-refractivity contribution >= 4 is 28.1 Å². The van der Waals surface area contributed by atoms with Crippen molar-refractivity contribution in [1.29, 1.82) is 0 Å². The zero-order chi connectivity index (χ0) is 21.1. The lowest BCUT2D eigenvalue weighted by molar-refractivity contribution is 0.0589. The third-order valence-electron chi connectivity index (χ3n) is 6.66. The molecule has 31 heavy (non-hydrogen) atoms. The van der Waals surface area contributed by atoms with E-state index in [1.165, 1.54) is 16.7 Å². The molecule has 1 saturated heterocycles. The smallest absolute Gasteiger partial charge is 0.273 e. The molecule has 1 aromatic carbocycles. The lowest BCUT2D eigenvalue weighted by Gasteiger charge is -2.42. The highest BCUT2D eigenvalue weighted by Crippen LogP contribution is 2.36. The predicted octanol–water partition coefficient (Wildman–Crippen LogP) is 3.72. The van der Waals surface area contributed by atoms with E-state index in [9.17, 15) is 9.59 Å². The first-order valence-electron chi connectivity index (χ1n) is 10.6.